The highest BCUT2D eigenvalue weighted by Crippen LogP contribution is 2.07. The minimum absolute atomic E-state index is 0.0520. The van der Waals surface area contributed by atoms with E-state index in [1.165, 1.54) is 20.0 Å². The summed E-state index contributed by atoms with van der Waals surface area (Å²) in [6.07, 6.45) is 1.09. The maximum atomic E-state index is 12.0. The van der Waals surface area contributed by atoms with Gasteiger partial charge in [0.05, 0.1) is 0 Å². The van der Waals surface area contributed by atoms with Crippen LogP contribution in [0.25, 0.3) is 11.0 Å². The molecule has 0 bridgehead atoms. The predicted octanol–water partition coefficient (Wildman–Crippen LogP) is -0.0260. The summed E-state index contributed by atoms with van der Waals surface area (Å²) in [5, 5.41) is 34.9. The van der Waals surface area contributed by atoms with Crippen LogP contribution in [0.3, 0.4) is 0 Å². The van der Waals surface area contributed by atoms with E-state index >= 15 is 0 Å². The summed E-state index contributed by atoms with van der Waals surface area (Å²) in [7, 11) is 1.25. The summed E-state index contributed by atoms with van der Waals surface area (Å²) in [6, 6.07) is 6.45. The first-order valence-electron chi connectivity index (χ1n) is 5.01. The molecule has 6 heteroatoms. The molecule has 0 atom stereocenters. The Bertz CT molecular complexity index is 619. The van der Waals surface area contributed by atoms with Crippen LogP contribution in [0.1, 0.15) is 11.4 Å². The van der Waals surface area contributed by atoms with Gasteiger partial charge < -0.3 is 15.6 Å². The highest BCUT2D eigenvalue weighted by atomic mass is 16.5. The van der Waals surface area contributed by atoms with Crippen LogP contribution in [0.4, 0.5) is 0 Å². The molecule has 2 rings (SSSR count). The number of nitrogens with zero attached hydrogens (tertiary/aromatic N) is 3. The van der Waals surface area contributed by atoms with E-state index in [2.05, 4.69) is 0 Å². The van der Waals surface area contributed by atoms with E-state index in [1.54, 1.807) is 18.2 Å². The van der Waals surface area contributed by atoms with Gasteiger partial charge in [0.15, 0.2) is 0 Å². The monoisotopic (exact) mass is 233 g/mol. The van der Waals surface area contributed by atoms with Crippen molar-refractivity contribution in [2.45, 2.75) is 6.92 Å². The second kappa shape index (κ2) is 3.89. The lowest BCUT2D eigenvalue weighted by Gasteiger charge is -2.08. The van der Waals surface area contributed by atoms with Gasteiger partial charge in [0, 0.05) is 19.1 Å². The van der Waals surface area contributed by atoms with E-state index in [1.807, 2.05) is 0 Å². The SMILES string of the molecule is Cc1c(/C=[N+](\C)[O-])[n+]([O-])c2ccccc2[n+]1[O-]. The summed E-state index contributed by atoms with van der Waals surface area (Å²) >= 11 is 0. The van der Waals surface area contributed by atoms with Gasteiger partial charge in [-0.15, -0.1) is 4.73 Å². The molecule has 1 heterocycles. The van der Waals surface area contributed by atoms with Crippen molar-refractivity contribution in [2.24, 2.45) is 0 Å². The maximum Gasteiger partial charge on any atom is 0.350 e. The van der Waals surface area contributed by atoms with E-state index in [4.69, 9.17) is 0 Å². The molecule has 17 heavy (non-hydrogen) atoms. The Labute approximate surface area is 97.4 Å². The Balaban J connectivity index is 2.91. The molecule has 0 aliphatic rings. The van der Waals surface area contributed by atoms with Gasteiger partial charge in [-0.3, -0.25) is 0 Å². The van der Waals surface area contributed by atoms with Crippen LogP contribution in [0, 0.1) is 22.5 Å². The normalized spacial score (nSPS) is 12.0. The fraction of sp³-hybridized carbons (Fsp3) is 0.182. The van der Waals surface area contributed by atoms with Crippen molar-refractivity contribution in [3.8, 4) is 0 Å². The second-order valence-electron chi connectivity index (χ2n) is 3.72. The topological polar surface area (TPSA) is 80.0 Å². The average molecular weight is 233 g/mol. The minimum Gasteiger partial charge on any atom is -0.624 e. The van der Waals surface area contributed by atoms with Gasteiger partial charge in [-0.2, -0.15) is 4.73 Å². The molecule has 0 aliphatic carbocycles. The number of aromatic nitrogens is 2. The molecule has 0 unspecified atom stereocenters. The zero-order chi connectivity index (χ0) is 12.6. The van der Waals surface area contributed by atoms with Crippen LogP contribution in [0.2, 0.25) is 0 Å². The summed E-state index contributed by atoms with van der Waals surface area (Å²) in [4.78, 5) is 0. The molecule has 0 radical (unpaired) electrons. The Morgan fingerprint density at radius 1 is 1.12 bits per heavy atom. The number of fused-ring (bicyclic) bond motifs is 1. The van der Waals surface area contributed by atoms with E-state index in [-0.39, 0.29) is 22.4 Å². The van der Waals surface area contributed by atoms with Crippen molar-refractivity contribution in [3.05, 3.63) is 51.3 Å². The van der Waals surface area contributed by atoms with E-state index in [0.29, 0.717) is 14.2 Å². The maximum absolute atomic E-state index is 12.0. The Kier molecular flexibility index (Phi) is 2.55. The Morgan fingerprint density at radius 3 is 2.18 bits per heavy atom. The molecule has 0 fully saturated rings. The number of para-hydroxylation sites is 2. The van der Waals surface area contributed by atoms with Gasteiger partial charge in [0.1, 0.15) is 7.05 Å². The van der Waals surface area contributed by atoms with Crippen molar-refractivity contribution in [2.75, 3.05) is 7.05 Å². The predicted molar refractivity (Wildman–Crippen MR) is 61.3 cm³/mol. The van der Waals surface area contributed by atoms with Crippen LogP contribution in [0.15, 0.2) is 24.3 Å². The first-order chi connectivity index (χ1) is 8.02. The van der Waals surface area contributed by atoms with Gasteiger partial charge in [0.2, 0.25) is 0 Å². The van der Waals surface area contributed by atoms with Gasteiger partial charge in [-0.05, 0) is 0 Å². The van der Waals surface area contributed by atoms with Crippen molar-refractivity contribution in [3.63, 3.8) is 0 Å². The van der Waals surface area contributed by atoms with Crippen LogP contribution in [-0.2, 0) is 0 Å². The van der Waals surface area contributed by atoms with Crippen molar-refractivity contribution in [1.29, 1.82) is 0 Å². The fourth-order valence-corrected chi connectivity index (χ4v) is 1.69. The number of hydroxylamine groups is 1. The minimum atomic E-state index is 0.0520. The third-order valence-corrected chi connectivity index (χ3v) is 2.52. The second-order valence-corrected chi connectivity index (χ2v) is 3.72. The lowest BCUT2D eigenvalue weighted by molar-refractivity contribution is -0.635. The third kappa shape index (κ3) is 1.73. The lowest BCUT2D eigenvalue weighted by Crippen LogP contribution is -2.45. The number of hydrogen-bond acceptors (Lipinski definition) is 3. The first-order valence-corrected chi connectivity index (χ1v) is 5.01. The average Bonchev–Trinajstić information content (AvgIpc) is 2.31. The van der Waals surface area contributed by atoms with Gasteiger partial charge in [-0.1, -0.05) is 12.1 Å². The third-order valence-electron chi connectivity index (χ3n) is 2.52. The molecule has 88 valence electrons. The molecular weight excluding hydrogens is 222 g/mol. The molecule has 1 aromatic heterocycles. The van der Waals surface area contributed by atoms with Crippen LogP contribution in [-0.4, -0.2) is 18.0 Å². The smallest absolute Gasteiger partial charge is 0.350 e. The van der Waals surface area contributed by atoms with Crippen molar-refractivity contribution in [1.82, 2.24) is 0 Å². The van der Waals surface area contributed by atoms with E-state index in [0.717, 1.165) is 6.21 Å². The summed E-state index contributed by atoms with van der Waals surface area (Å²) in [5.41, 5.74) is 0.768. The summed E-state index contributed by atoms with van der Waals surface area (Å²) in [5.74, 6) is 0. The van der Waals surface area contributed by atoms with Crippen molar-refractivity contribution >= 4 is 17.2 Å². The van der Waals surface area contributed by atoms with Gasteiger partial charge >= 0.3 is 5.69 Å². The molecule has 0 spiro atoms. The number of benzene rings is 1. The molecule has 0 saturated heterocycles. The van der Waals surface area contributed by atoms with Crippen molar-refractivity contribution < 1.29 is 14.2 Å². The molecule has 0 aliphatic heterocycles. The van der Waals surface area contributed by atoms with E-state index < -0.39 is 0 Å². The molecule has 0 N–H and O–H groups in total. The molecule has 0 saturated carbocycles. The Hall–Kier alpha value is -2.37. The molecule has 1 aromatic carbocycles. The number of hydrogen-bond donors (Lipinski definition) is 0. The molecule has 2 aromatic rings. The van der Waals surface area contributed by atoms with Gasteiger partial charge in [0.25, 0.3) is 22.9 Å². The standard InChI is InChI=1S/C11H11N3O3/c1-8-11(7-12(2)15)14(17)10-6-4-3-5-9(10)13(8)16/h3-7H,1-2H3/b12-7+. The first kappa shape index (κ1) is 11.1. The quantitative estimate of drug-likeness (QED) is 0.300. The lowest BCUT2D eigenvalue weighted by atomic mass is 10.2. The van der Waals surface area contributed by atoms with Crippen LogP contribution < -0.4 is 9.46 Å². The fourth-order valence-electron chi connectivity index (χ4n) is 1.69. The van der Waals surface area contributed by atoms with E-state index in [9.17, 15) is 15.6 Å². The van der Waals surface area contributed by atoms with Gasteiger partial charge in [-0.25, -0.2) is 4.74 Å². The molecule has 6 nitrogen and oxygen atoms in total. The highest BCUT2D eigenvalue weighted by Gasteiger charge is 2.25. The largest absolute Gasteiger partial charge is 0.624 e. The van der Waals surface area contributed by atoms with Crippen LogP contribution in [0.5, 0.6) is 0 Å². The zero-order valence-corrected chi connectivity index (χ0v) is 9.45. The number of rotatable bonds is 1. The molecular formula is C11H11N3O3. The zero-order valence-electron chi connectivity index (χ0n) is 9.45. The summed E-state index contributed by atoms with van der Waals surface area (Å²) < 4.78 is 1.73. The highest BCUT2D eigenvalue weighted by molar-refractivity contribution is 5.75. The molecule has 0 amide bonds. The summed E-state index contributed by atoms with van der Waals surface area (Å²) in [6.45, 7) is 1.50. The Morgan fingerprint density at radius 2 is 1.65 bits per heavy atom. The van der Waals surface area contributed by atoms with Crippen LogP contribution >= 0.6 is 0 Å².